The van der Waals surface area contributed by atoms with Crippen molar-refractivity contribution >= 4 is 46.7 Å². The molecule has 188 valence electrons. The van der Waals surface area contributed by atoms with Gasteiger partial charge in [-0.15, -0.1) is 11.8 Å². The SMILES string of the molecule is CCOc1ccc(Cl)cc1/C=c1\sc2n(c1=O)[C@H](c1ccc(SC)cc1)C(C(=O)OC(C)C)=C(C)N=2. The summed E-state index contributed by atoms with van der Waals surface area (Å²) in [6.45, 7) is 7.76. The van der Waals surface area contributed by atoms with Crippen molar-refractivity contribution in [2.24, 2.45) is 4.99 Å². The summed E-state index contributed by atoms with van der Waals surface area (Å²) in [7, 11) is 0. The van der Waals surface area contributed by atoms with Crippen LogP contribution in [0.25, 0.3) is 6.08 Å². The number of fused-ring (bicyclic) bond motifs is 1. The summed E-state index contributed by atoms with van der Waals surface area (Å²) in [5.74, 6) is 0.155. The summed E-state index contributed by atoms with van der Waals surface area (Å²) in [6, 6.07) is 12.5. The number of halogens is 1. The van der Waals surface area contributed by atoms with Gasteiger partial charge in [-0.3, -0.25) is 9.36 Å². The van der Waals surface area contributed by atoms with Crippen LogP contribution in [0.2, 0.25) is 5.02 Å². The van der Waals surface area contributed by atoms with Crippen LogP contribution < -0.4 is 19.6 Å². The second-order valence-electron chi connectivity index (χ2n) is 8.42. The van der Waals surface area contributed by atoms with Gasteiger partial charge in [-0.1, -0.05) is 35.1 Å². The summed E-state index contributed by atoms with van der Waals surface area (Å²) < 4.78 is 13.3. The highest BCUT2D eigenvalue weighted by atomic mass is 35.5. The molecule has 1 atom stereocenters. The van der Waals surface area contributed by atoms with Gasteiger partial charge in [-0.05, 0) is 75.9 Å². The zero-order valence-electron chi connectivity index (χ0n) is 20.7. The van der Waals surface area contributed by atoms with Gasteiger partial charge in [0.1, 0.15) is 5.75 Å². The van der Waals surface area contributed by atoms with Crippen molar-refractivity contribution in [2.75, 3.05) is 12.9 Å². The zero-order valence-corrected chi connectivity index (χ0v) is 23.1. The van der Waals surface area contributed by atoms with Gasteiger partial charge in [0, 0.05) is 15.5 Å². The molecule has 1 aromatic heterocycles. The first-order valence-corrected chi connectivity index (χ1v) is 13.9. The third kappa shape index (κ3) is 5.31. The molecule has 0 saturated heterocycles. The van der Waals surface area contributed by atoms with Crippen LogP contribution in [0, 0.1) is 0 Å². The summed E-state index contributed by atoms with van der Waals surface area (Å²) in [5.41, 5.74) is 2.15. The Morgan fingerprint density at radius 1 is 1.25 bits per heavy atom. The molecule has 0 aliphatic carbocycles. The van der Waals surface area contributed by atoms with E-state index in [9.17, 15) is 9.59 Å². The van der Waals surface area contributed by atoms with E-state index >= 15 is 0 Å². The molecule has 1 aliphatic rings. The highest BCUT2D eigenvalue weighted by Gasteiger charge is 2.33. The van der Waals surface area contributed by atoms with Crippen molar-refractivity contribution < 1.29 is 14.3 Å². The molecule has 0 amide bonds. The van der Waals surface area contributed by atoms with Gasteiger partial charge in [0.2, 0.25) is 0 Å². The Labute approximate surface area is 222 Å². The number of ether oxygens (including phenoxy) is 2. The smallest absolute Gasteiger partial charge is 0.338 e. The third-order valence-corrected chi connectivity index (χ3v) is 7.54. The third-order valence-electron chi connectivity index (χ3n) is 5.57. The minimum Gasteiger partial charge on any atom is -0.493 e. The number of esters is 1. The van der Waals surface area contributed by atoms with Gasteiger partial charge in [0.25, 0.3) is 5.56 Å². The zero-order chi connectivity index (χ0) is 26.0. The van der Waals surface area contributed by atoms with Crippen molar-refractivity contribution in [1.82, 2.24) is 4.57 Å². The number of benzene rings is 2. The summed E-state index contributed by atoms with van der Waals surface area (Å²) in [5, 5.41) is 0.541. The maximum atomic E-state index is 13.8. The number of carbonyl (C=O) groups excluding carboxylic acids is 1. The fourth-order valence-corrected chi connectivity index (χ4v) is 5.65. The molecular formula is C27H27ClN2O4S2. The molecule has 3 aromatic rings. The normalized spacial score (nSPS) is 15.6. The first-order chi connectivity index (χ1) is 17.2. The summed E-state index contributed by atoms with van der Waals surface area (Å²) >= 11 is 9.12. The largest absolute Gasteiger partial charge is 0.493 e. The minimum absolute atomic E-state index is 0.248. The van der Waals surface area contributed by atoms with Crippen molar-refractivity contribution in [3.8, 4) is 5.75 Å². The number of rotatable bonds is 7. The highest BCUT2D eigenvalue weighted by molar-refractivity contribution is 7.98. The van der Waals surface area contributed by atoms with Crippen LogP contribution in [0.1, 0.15) is 44.9 Å². The number of carbonyl (C=O) groups is 1. The van der Waals surface area contributed by atoms with Gasteiger partial charge in [-0.25, -0.2) is 9.79 Å². The molecule has 4 rings (SSSR count). The maximum Gasteiger partial charge on any atom is 0.338 e. The van der Waals surface area contributed by atoms with E-state index in [0.717, 1.165) is 10.5 Å². The van der Waals surface area contributed by atoms with Crippen molar-refractivity contribution in [3.05, 3.63) is 89.6 Å². The first kappa shape index (κ1) is 26.3. The fraction of sp³-hybridized carbons (Fsp3) is 0.296. The topological polar surface area (TPSA) is 69.9 Å². The van der Waals surface area contributed by atoms with Crippen LogP contribution in [0.3, 0.4) is 0 Å². The Hall–Kier alpha value is -2.81. The predicted molar refractivity (Wildman–Crippen MR) is 146 cm³/mol. The first-order valence-electron chi connectivity index (χ1n) is 11.5. The molecule has 0 saturated carbocycles. The molecule has 2 heterocycles. The summed E-state index contributed by atoms with van der Waals surface area (Å²) in [4.78, 5) is 33.3. The molecule has 36 heavy (non-hydrogen) atoms. The van der Waals surface area contributed by atoms with Gasteiger partial charge < -0.3 is 9.47 Å². The van der Waals surface area contributed by atoms with E-state index in [1.807, 2.05) is 37.4 Å². The van der Waals surface area contributed by atoms with Crippen molar-refractivity contribution in [1.29, 1.82) is 0 Å². The molecular weight excluding hydrogens is 516 g/mol. The highest BCUT2D eigenvalue weighted by Crippen LogP contribution is 2.32. The molecule has 0 bridgehead atoms. The molecule has 9 heteroatoms. The van der Waals surface area contributed by atoms with E-state index in [4.69, 9.17) is 21.1 Å². The van der Waals surface area contributed by atoms with E-state index < -0.39 is 12.0 Å². The van der Waals surface area contributed by atoms with Crippen LogP contribution in [-0.4, -0.2) is 29.5 Å². The van der Waals surface area contributed by atoms with E-state index in [0.29, 0.717) is 43.5 Å². The van der Waals surface area contributed by atoms with Crippen LogP contribution >= 0.6 is 34.7 Å². The number of hydrogen-bond acceptors (Lipinski definition) is 7. The lowest BCUT2D eigenvalue weighted by molar-refractivity contribution is -0.143. The fourth-order valence-electron chi connectivity index (χ4n) is 4.02. The Kier molecular flexibility index (Phi) is 8.07. The van der Waals surface area contributed by atoms with Crippen LogP contribution in [0.15, 0.2) is 68.4 Å². The van der Waals surface area contributed by atoms with Gasteiger partial charge in [0.05, 0.1) is 34.6 Å². The standard InChI is InChI=1S/C27H27ClN2O4S2/c1-6-33-21-12-9-19(28)13-18(21)14-22-25(31)30-24(17-7-10-20(35-5)11-8-17)23(26(32)34-15(2)3)16(4)29-27(30)36-22/h7-15,24H,6H2,1-5H3/b22-14-/t24-/m1/s1. The Morgan fingerprint density at radius 3 is 2.61 bits per heavy atom. The molecule has 0 N–H and O–H groups in total. The predicted octanol–water partition coefficient (Wildman–Crippen LogP) is 4.96. The summed E-state index contributed by atoms with van der Waals surface area (Å²) in [6.07, 6.45) is 3.46. The van der Waals surface area contributed by atoms with Crippen molar-refractivity contribution in [3.63, 3.8) is 0 Å². The Balaban J connectivity index is 1.94. The quantitative estimate of drug-likeness (QED) is 0.312. The van der Waals surface area contributed by atoms with Gasteiger partial charge >= 0.3 is 5.97 Å². The lowest BCUT2D eigenvalue weighted by Gasteiger charge is -2.25. The number of thioether (sulfide) groups is 1. The number of aromatic nitrogens is 1. The average Bonchev–Trinajstić information content (AvgIpc) is 3.14. The number of nitrogens with zero attached hydrogens (tertiary/aromatic N) is 2. The van der Waals surface area contributed by atoms with Crippen LogP contribution in [-0.2, 0) is 9.53 Å². The maximum absolute atomic E-state index is 13.8. The molecule has 2 aromatic carbocycles. The molecule has 0 spiro atoms. The van der Waals surface area contributed by atoms with E-state index in [1.165, 1.54) is 11.3 Å². The lowest BCUT2D eigenvalue weighted by atomic mass is 9.96. The number of thiazole rings is 1. The Morgan fingerprint density at radius 2 is 1.97 bits per heavy atom. The number of hydrogen-bond donors (Lipinski definition) is 0. The monoisotopic (exact) mass is 542 g/mol. The van der Waals surface area contributed by atoms with E-state index in [2.05, 4.69) is 4.99 Å². The number of allylic oxidation sites excluding steroid dienone is 1. The second kappa shape index (κ2) is 11.1. The van der Waals surface area contributed by atoms with E-state index in [-0.39, 0.29) is 11.7 Å². The Bertz CT molecular complexity index is 1500. The minimum atomic E-state index is -0.656. The molecule has 0 fully saturated rings. The van der Waals surface area contributed by atoms with Crippen LogP contribution in [0.5, 0.6) is 5.75 Å². The molecule has 6 nitrogen and oxygen atoms in total. The molecule has 0 radical (unpaired) electrons. The molecule has 0 unspecified atom stereocenters. The van der Waals surface area contributed by atoms with Gasteiger partial charge in [0.15, 0.2) is 4.80 Å². The van der Waals surface area contributed by atoms with E-state index in [1.54, 1.807) is 61.4 Å². The lowest BCUT2D eigenvalue weighted by Crippen LogP contribution is -2.40. The van der Waals surface area contributed by atoms with Crippen LogP contribution in [0.4, 0.5) is 0 Å². The van der Waals surface area contributed by atoms with Gasteiger partial charge in [-0.2, -0.15) is 0 Å². The average molecular weight is 543 g/mol. The van der Waals surface area contributed by atoms with Crippen molar-refractivity contribution in [2.45, 2.75) is 44.7 Å². The second-order valence-corrected chi connectivity index (χ2v) is 10.7. The molecule has 1 aliphatic heterocycles.